The largest absolute Gasteiger partial charge is 0.358 e. The van der Waals surface area contributed by atoms with Crippen LogP contribution in [0.3, 0.4) is 0 Å². The van der Waals surface area contributed by atoms with Crippen molar-refractivity contribution >= 4 is 44.6 Å². The molecular formula is C18H15N3OS2. The van der Waals surface area contributed by atoms with Crippen molar-refractivity contribution in [3.05, 3.63) is 57.7 Å². The highest BCUT2D eigenvalue weighted by Gasteiger charge is 2.14. The first kappa shape index (κ1) is 15.1. The van der Waals surface area contributed by atoms with Crippen molar-refractivity contribution in [1.82, 2.24) is 9.97 Å². The summed E-state index contributed by atoms with van der Waals surface area (Å²) in [4.78, 5) is 21.2. The number of nitrogens with zero attached hydrogens (tertiary/aromatic N) is 1. The number of rotatable bonds is 4. The van der Waals surface area contributed by atoms with E-state index in [0.717, 1.165) is 32.7 Å². The molecule has 0 fully saturated rings. The van der Waals surface area contributed by atoms with Gasteiger partial charge in [-0.1, -0.05) is 24.3 Å². The van der Waals surface area contributed by atoms with Gasteiger partial charge in [-0.2, -0.15) is 0 Å². The van der Waals surface area contributed by atoms with E-state index in [9.17, 15) is 4.79 Å². The molecule has 0 radical (unpaired) electrons. The van der Waals surface area contributed by atoms with Gasteiger partial charge in [-0.25, -0.2) is 4.98 Å². The highest BCUT2D eigenvalue weighted by Crippen LogP contribution is 2.33. The maximum absolute atomic E-state index is 12.1. The van der Waals surface area contributed by atoms with Crippen LogP contribution < -0.4 is 5.32 Å². The van der Waals surface area contributed by atoms with Gasteiger partial charge in [0.1, 0.15) is 0 Å². The Labute approximate surface area is 147 Å². The normalized spacial score (nSPS) is 11.0. The maximum atomic E-state index is 12.1. The van der Waals surface area contributed by atoms with E-state index in [2.05, 4.69) is 27.4 Å². The minimum atomic E-state index is -0.0333. The Morgan fingerprint density at radius 3 is 2.92 bits per heavy atom. The molecule has 0 aliphatic heterocycles. The maximum Gasteiger partial charge on any atom is 0.231 e. The number of aryl methyl sites for hydroxylation is 1. The number of para-hydroxylation sites is 1. The van der Waals surface area contributed by atoms with Crippen molar-refractivity contribution in [1.29, 1.82) is 0 Å². The highest BCUT2D eigenvalue weighted by atomic mass is 32.1. The summed E-state index contributed by atoms with van der Waals surface area (Å²) >= 11 is 3.04. The SMILES string of the molecule is Cc1[nH]c2ccccc2c1-c1csc(NC(=O)Cc2cccs2)n1. The van der Waals surface area contributed by atoms with Crippen LogP contribution in [0.25, 0.3) is 22.2 Å². The third-order valence-corrected chi connectivity index (χ3v) is 5.45. The number of aromatic nitrogens is 2. The van der Waals surface area contributed by atoms with E-state index in [1.54, 1.807) is 11.3 Å². The lowest BCUT2D eigenvalue weighted by Gasteiger charge is -2.00. The standard InChI is InChI=1S/C18H15N3OS2/c1-11-17(13-6-2-3-7-14(13)19-11)15-10-24-18(20-15)21-16(22)9-12-5-4-8-23-12/h2-8,10,19H,9H2,1H3,(H,20,21,22). The number of carbonyl (C=O) groups excluding carboxylic acids is 1. The Morgan fingerprint density at radius 1 is 1.21 bits per heavy atom. The molecule has 120 valence electrons. The molecule has 4 aromatic rings. The van der Waals surface area contributed by atoms with Crippen LogP contribution in [0.5, 0.6) is 0 Å². The zero-order chi connectivity index (χ0) is 16.5. The van der Waals surface area contributed by atoms with Gasteiger partial charge in [0, 0.05) is 32.4 Å². The van der Waals surface area contributed by atoms with E-state index in [4.69, 9.17) is 0 Å². The molecular weight excluding hydrogens is 338 g/mol. The Kier molecular flexibility index (Phi) is 3.92. The van der Waals surface area contributed by atoms with Gasteiger partial charge < -0.3 is 10.3 Å². The summed E-state index contributed by atoms with van der Waals surface area (Å²) in [6.07, 6.45) is 0.388. The van der Waals surface area contributed by atoms with Gasteiger partial charge in [0.15, 0.2) is 5.13 Å². The zero-order valence-electron chi connectivity index (χ0n) is 13.0. The molecule has 24 heavy (non-hydrogen) atoms. The fourth-order valence-corrected chi connectivity index (χ4v) is 4.21. The number of thiazole rings is 1. The number of anilines is 1. The fraction of sp³-hybridized carbons (Fsp3) is 0.111. The van der Waals surface area contributed by atoms with Crippen LogP contribution in [-0.2, 0) is 11.2 Å². The Balaban J connectivity index is 1.58. The van der Waals surface area contributed by atoms with Gasteiger partial charge in [0.05, 0.1) is 12.1 Å². The first-order valence-electron chi connectivity index (χ1n) is 7.56. The number of fused-ring (bicyclic) bond motifs is 1. The molecule has 0 saturated carbocycles. The Hall–Kier alpha value is -2.44. The minimum absolute atomic E-state index is 0.0333. The molecule has 1 aromatic carbocycles. The van der Waals surface area contributed by atoms with E-state index in [-0.39, 0.29) is 5.91 Å². The number of H-pyrrole nitrogens is 1. The molecule has 1 amide bonds. The van der Waals surface area contributed by atoms with Crippen molar-refractivity contribution in [2.45, 2.75) is 13.3 Å². The van der Waals surface area contributed by atoms with E-state index in [0.29, 0.717) is 11.6 Å². The second kappa shape index (κ2) is 6.22. The number of carbonyl (C=O) groups is 1. The number of hydrogen-bond acceptors (Lipinski definition) is 4. The molecule has 3 heterocycles. The molecule has 0 spiro atoms. The molecule has 6 heteroatoms. The molecule has 0 atom stereocenters. The highest BCUT2D eigenvalue weighted by molar-refractivity contribution is 7.14. The first-order valence-corrected chi connectivity index (χ1v) is 9.32. The number of hydrogen-bond donors (Lipinski definition) is 2. The average molecular weight is 353 g/mol. The summed E-state index contributed by atoms with van der Waals surface area (Å²) in [7, 11) is 0. The Morgan fingerprint density at radius 2 is 2.08 bits per heavy atom. The van der Waals surface area contributed by atoms with Gasteiger partial charge in [0.25, 0.3) is 0 Å². The van der Waals surface area contributed by atoms with Gasteiger partial charge in [-0.3, -0.25) is 4.79 Å². The van der Waals surface area contributed by atoms with Crippen molar-refractivity contribution in [2.75, 3.05) is 5.32 Å². The Bertz CT molecular complexity index is 999. The van der Waals surface area contributed by atoms with Crippen LogP contribution in [0.2, 0.25) is 0 Å². The van der Waals surface area contributed by atoms with Crippen LogP contribution in [-0.4, -0.2) is 15.9 Å². The number of aromatic amines is 1. The van der Waals surface area contributed by atoms with Crippen molar-refractivity contribution in [2.24, 2.45) is 0 Å². The van der Waals surface area contributed by atoms with Gasteiger partial charge in [-0.15, -0.1) is 22.7 Å². The monoisotopic (exact) mass is 353 g/mol. The van der Waals surface area contributed by atoms with Crippen LogP contribution in [0.4, 0.5) is 5.13 Å². The summed E-state index contributed by atoms with van der Waals surface area (Å²) in [5.41, 5.74) is 4.17. The fourth-order valence-electron chi connectivity index (χ4n) is 2.79. The lowest BCUT2D eigenvalue weighted by molar-refractivity contribution is -0.115. The van der Waals surface area contributed by atoms with Crippen molar-refractivity contribution < 1.29 is 4.79 Å². The summed E-state index contributed by atoms with van der Waals surface area (Å²) in [6, 6.07) is 12.1. The molecule has 2 N–H and O–H groups in total. The lowest BCUT2D eigenvalue weighted by Crippen LogP contribution is -2.13. The topological polar surface area (TPSA) is 57.8 Å². The van der Waals surface area contributed by atoms with Gasteiger partial charge in [-0.05, 0) is 24.4 Å². The van der Waals surface area contributed by atoms with Gasteiger partial charge in [0.2, 0.25) is 5.91 Å². The molecule has 0 saturated heterocycles. The second-order valence-electron chi connectivity index (χ2n) is 5.51. The van der Waals surface area contributed by atoms with E-state index in [1.807, 2.05) is 41.9 Å². The molecule has 0 bridgehead atoms. The molecule has 0 unspecified atom stereocenters. The van der Waals surface area contributed by atoms with Crippen LogP contribution in [0.15, 0.2) is 47.2 Å². The summed E-state index contributed by atoms with van der Waals surface area (Å²) in [5.74, 6) is -0.0333. The van der Waals surface area contributed by atoms with Crippen LogP contribution in [0.1, 0.15) is 10.6 Å². The predicted molar refractivity (Wildman–Crippen MR) is 101 cm³/mol. The zero-order valence-corrected chi connectivity index (χ0v) is 14.6. The number of nitrogens with one attached hydrogen (secondary N) is 2. The third-order valence-electron chi connectivity index (χ3n) is 3.82. The van der Waals surface area contributed by atoms with Crippen LogP contribution in [0, 0.1) is 6.92 Å². The van der Waals surface area contributed by atoms with E-state index >= 15 is 0 Å². The molecule has 4 nitrogen and oxygen atoms in total. The number of benzene rings is 1. The molecule has 4 rings (SSSR count). The summed E-state index contributed by atoms with van der Waals surface area (Å²) in [6.45, 7) is 2.05. The lowest BCUT2D eigenvalue weighted by atomic mass is 10.1. The second-order valence-corrected chi connectivity index (χ2v) is 7.40. The summed E-state index contributed by atoms with van der Waals surface area (Å²) in [5, 5.41) is 8.65. The number of thiophene rings is 1. The van der Waals surface area contributed by atoms with E-state index in [1.165, 1.54) is 11.3 Å². The smallest absolute Gasteiger partial charge is 0.231 e. The minimum Gasteiger partial charge on any atom is -0.358 e. The average Bonchev–Trinajstić information content (AvgIpc) is 3.26. The van der Waals surface area contributed by atoms with E-state index < -0.39 is 0 Å². The predicted octanol–water partition coefficient (Wildman–Crippen LogP) is 4.84. The molecule has 0 aliphatic carbocycles. The molecule has 0 aliphatic rings. The van der Waals surface area contributed by atoms with Crippen LogP contribution >= 0.6 is 22.7 Å². The van der Waals surface area contributed by atoms with Gasteiger partial charge >= 0.3 is 0 Å². The van der Waals surface area contributed by atoms with Crippen molar-refractivity contribution in [3.8, 4) is 11.3 Å². The molecule has 3 aromatic heterocycles. The van der Waals surface area contributed by atoms with Crippen molar-refractivity contribution in [3.63, 3.8) is 0 Å². The number of amides is 1. The quantitative estimate of drug-likeness (QED) is 0.551. The summed E-state index contributed by atoms with van der Waals surface area (Å²) < 4.78 is 0. The third kappa shape index (κ3) is 2.86. The first-order chi connectivity index (χ1) is 11.7.